The van der Waals surface area contributed by atoms with E-state index in [0.29, 0.717) is 16.1 Å². The molecule has 0 fully saturated rings. The van der Waals surface area contributed by atoms with Crippen molar-refractivity contribution in [3.8, 4) is 12.3 Å². The molecule has 3 nitrogen and oxygen atoms in total. The van der Waals surface area contributed by atoms with E-state index in [1.165, 1.54) is 14.0 Å². The lowest BCUT2D eigenvalue weighted by atomic mass is 10.00. The van der Waals surface area contributed by atoms with Crippen molar-refractivity contribution in [2.24, 2.45) is 0 Å². The van der Waals surface area contributed by atoms with Gasteiger partial charge < -0.3 is 9.47 Å². The molecule has 1 rings (SSSR count). The summed E-state index contributed by atoms with van der Waals surface area (Å²) in [4.78, 5) is 11.5. The van der Waals surface area contributed by atoms with Crippen molar-refractivity contribution in [1.82, 2.24) is 0 Å². The molecule has 1 atom stereocenters. The van der Waals surface area contributed by atoms with E-state index in [0.717, 1.165) is 0 Å². The summed E-state index contributed by atoms with van der Waals surface area (Å²) < 4.78 is 10.1. The SMILES string of the molecule is C#CC(OCOC)c1cc(Cl)ccc1C(C)=O. The number of Topliss-reactive ketones (excluding diaryl/α,β-unsaturated/α-hetero) is 1. The lowest BCUT2D eigenvalue weighted by Gasteiger charge is -2.15. The third-order valence-corrected chi connectivity index (χ3v) is 2.41. The van der Waals surface area contributed by atoms with E-state index in [1.807, 2.05) is 0 Å². The Morgan fingerprint density at radius 2 is 2.29 bits per heavy atom. The van der Waals surface area contributed by atoms with E-state index in [9.17, 15) is 4.79 Å². The van der Waals surface area contributed by atoms with Gasteiger partial charge in [-0.05, 0) is 25.1 Å². The minimum Gasteiger partial charge on any atom is -0.359 e. The number of carbonyl (C=O) groups excluding carboxylic acids is 1. The third-order valence-electron chi connectivity index (χ3n) is 2.18. The van der Waals surface area contributed by atoms with Crippen molar-refractivity contribution in [2.75, 3.05) is 13.9 Å². The highest BCUT2D eigenvalue weighted by Crippen LogP contribution is 2.25. The number of halogens is 1. The van der Waals surface area contributed by atoms with E-state index < -0.39 is 6.10 Å². The fraction of sp³-hybridized carbons (Fsp3) is 0.308. The Morgan fingerprint density at radius 3 is 2.82 bits per heavy atom. The standard InChI is InChI=1S/C13H13ClO3/c1-4-13(17-8-16-3)12-7-10(14)5-6-11(12)9(2)15/h1,5-7,13H,8H2,2-3H3. The molecule has 0 aromatic heterocycles. The first kappa shape index (κ1) is 13.7. The Bertz CT molecular complexity index is 448. The van der Waals surface area contributed by atoms with Crippen LogP contribution in [-0.2, 0) is 9.47 Å². The van der Waals surface area contributed by atoms with Crippen LogP contribution in [-0.4, -0.2) is 19.7 Å². The molecule has 0 spiro atoms. The topological polar surface area (TPSA) is 35.5 Å². The molecule has 0 saturated heterocycles. The van der Waals surface area contributed by atoms with E-state index in [1.54, 1.807) is 18.2 Å². The summed E-state index contributed by atoms with van der Waals surface area (Å²) in [6.07, 6.45) is 4.73. The summed E-state index contributed by atoms with van der Waals surface area (Å²) >= 11 is 5.89. The van der Waals surface area contributed by atoms with Crippen LogP contribution in [0.2, 0.25) is 5.02 Å². The van der Waals surface area contributed by atoms with Gasteiger partial charge in [-0.1, -0.05) is 17.5 Å². The Kier molecular flexibility index (Phi) is 5.17. The molecule has 0 aliphatic rings. The van der Waals surface area contributed by atoms with Gasteiger partial charge in [0.25, 0.3) is 0 Å². The third kappa shape index (κ3) is 3.57. The van der Waals surface area contributed by atoms with Gasteiger partial charge in [0.2, 0.25) is 0 Å². The quantitative estimate of drug-likeness (QED) is 0.459. The van der Waals surface area contributed by atoms with E-state index in [2.05, 4.69) is 5.92 Å². The molecule has 0 bridgehead atoms. The van der Waals surface area contributed by atoms with Crippen molar-refractivity contribution in [2.45, 2.75) is 13.0 Å². The van der Waals surface area contributed by atoms with Crippen LogP contribution in [0.1, 0.15) is 28.9 Å². The van der Waals surface area contributed by atoms with E-state index in [4.69, 9.17) is 27.5 Å². The molecular weight excluding hydrogens is 240 g/mol. The van der Waals surface area contributed by atoms with E-state index >= 15 is 0 Å². The molecule has 1 unspecified atom stereocenters. The lowest BCUT2D eigenvalue weighted by molar-refractivity contribution is -0.0536. The molecule has 0 amide bonds. The van der Waals surface area contributed by atoms with Crippen LogP contribution >= 0.6 is 11.6 Å². The normalized spacial score (nSPS) is 11.9. The van der Waals surface area contributed by atoms with Gasteiger partial charge >= 0.3 is 0 Å². The van der Waals surface area contributed by atoms with Crippen molar-refractivity contribution < 1.29 is 14.3 Å². The second kappa shape index (κ2) is 6.41. The van der Waals surface area contributed by atoms with Gasteiger partial charge in [-0.15, -0.1) is 6.42 Å². The molecule has 1 aromatic rings. The Morgan fingerprint density at radius 1 is 1.59 bits per heavy atom. The zero-order valence-electron chi connectivity index (χ0n) is 9.70. The van der Waals surface area contributed by atoms with Gasteiger partial charge in [0.05, 0.1) is 0 Å². The molecule has 0 saturated carbocycles. The van der Waals surface area contributed by atoms with Gasteiger partial charge in [-0.2, -0.15) is 0 Å². The highest BCUT2D eigenvalue weighted by molar-refractivity contribution is 6.30. The minimum atomic E-state index is -0.646. The molecular formula is C13H13ClO3. The van der Waals surface area contributed by atoms with Crippen LogP contribution in [0.5, 0.6) is 0 Å². The maximum Gasteiger partial charge on any atom is 0.160 e. The van der Waals surface area contributed by atoms with Crippen LogP contribution in [0.15, 0.2) is 18.2 Å². The smallest absolute Gasteiger partial charge is 0.160 e. The van der Waals surface area contributed by atoms with Gasteiger partial charge in [0, 0.05) is 23.3 Å². The molecule has 0 heterocycles. The maximum atomic E-state index is 11.5. The number of ketones is 1. The van der Waals surface area contributed by atoms with Crippen molar-refractivity contribution in [3.63, 3.8) is 0 Å². The Hall–Kier alpha value is -1.34. The fourth-order valence-electron chi connectivity index (χ4n) is 1.43. The largest absolute Gasteiger partial charge is 0.359 e. The van der Waals surface area contributed by atoms with Crippen LogP contribution in [0.3, 0.4) is 0 Å². The number of terminal acetylenes is 1. The van der Waals surface area contributed by atoms with Crippen molar-refractivity contribution >= 4 is 17.4 Å². The summed E-state index contributed by atoms with van der Waals surface area (Å²) in [5, 5.41) is 0.506. The molecule has 0 N–H and O–H groups in total. The van der Waals surface area contributed by atoms with Gasteiger partial charge in [-0.3, -0.25) is 4.79 Å². The van der Waals surface area contributed by atoms with E-state index in [-0.39, 0.29) is 12.6 Å². The number of benzene rings is 1. The summed E-state index contributed by atoms with van der Waals surface area (Å²) in [6.45, 7) is 1.52. The first-order valence-corrected chi connectivity index (χ1v) is 5.35. The molecule has 4 heteroatoms. The van der Waals surface area contributed by atoms with Crippen molar-refractivity contribution in [1.29, 1.82) is 0 Å². The Labute approximate surface area is 106 Å². The van der Waals surface area contributed by atoms with Gasteiger partial charge in [0.15, 0.2) is 5.78 Å². The number of methoxy groups -OCH3 is 1. The molecule has 17 heavy (non-hydrogen) atoms. The minimum absolute atomic E-state index is 0.0543. The number of hydrogen-bond donors (Lipinski definition) is 0. The highest BCUT2D eigenvalue weighted by Gasteiger charge is 2.16. The fourth-order valence-corrected chi connectivity index (χ4v) is 1.62. The monoisotopic (exact) mass is 252 g/mol. The number of hydrogen-bond acceptors (Lipinski definition) is 3. The first-order valence-electron chi connectivity index (χ1n) is 4.97. The van der Waals surface area contributed by atoms with Crippen LogP contribution in [0.4, 0.5) is 0 Å². The summed E-state index contributed by atoms with van der Waals surface area (Å²) in [5.74, 6) is 2.38. The van der Waals surface area contributed by atoms with Crippen molar-refractivity contribution in [3.05, 3.63) is 34.3 Å². The van der Waals surface area contributed by atoms with Crippen LogP contribution < -0.4 is 0 Å². The lowest BCUT2D eigenvalue weighted by Crippen LogP contribution is -2.09. The molecule has 1 aromatic carbocycles. The van der Waals surface area contributed by atoms with Gasteiger partial charge in [-0.25, -0.2) is 0 Å². The second-order valence-corrected chi connectivity index (χ2v) is 3.84. The second-order valence-electron chi connectivity index (χ2n) is 3.41. The number of ether oxygens (including phenoxy) is 2. The maximum absolute atomic E-state index is 11.5. The predicted molar refractivity (Wildman–Crippen MR) is 66.0 cm³/mol. The number of rotatable bonds is 5. The summed E-state index contributed by atoms with van der Waals surface area (Å²) in [5.41, 5.74) is 1.10. The highest BCUT2D eigenvalue weighted by atomic mass is 35.5. The molecule has 0 aliphatic heterocycles. The zero-order valence-corrected chi connectivity index (χ0v) is 10.5. The average molecular weight is 253 g/mol. The predicted octanol–water partition coefficient (Wildman–Crippen LogP) is 2.84. The molecule has 0 radical (unpaired) electrons. The summed E-state index contributed by atoms with van der Waals surface area (Å²) in [7, 11) is 1.50. The Balaban J connectivity index is 3.12. The zero-order chi connectivity index (χ0) is 12.8. The summed E-state index contributed by atoms with van der Waals surface area (Å²) in [6, 6.07) is 4.92. The van der Waals surface area contributed by atoms with Crippen LogP contribution in [0.25, 0.3) is 0 Å². The first-order chi connectivity index (χ1) is 8.10. The average Bonchev–Trinajstić information content (AvgIpc) is 2.29. The molecule has 90 valence electrons. The number of carbonyl (C=O) groups is 1. The molecule has 0 aliphatic carbocycles. The van der Waals surface area contributed by atoms with Crippen LogP contribution in [0, 0.1) is 12.3 Å². The van der Waals surface area contributed by atoms with Gasteiger partial charge in [0.1, 0.15) is 12.9 Å².